The number of allylic oxidation sites excluding steroid dienone is 2. The van der Waals surface area contributed by atoms with E-state index in [-0.39, 0.29) is 17.0 Å². The molecule has 1 unspecified atom stereocenters. The standard InChI is InChI=1S/C26H27FN4OS/c1-15-5-6-18(16(2)11-15)14-33-25-29-24-28-20-12-26(3,4)13-21(32)22(20)23(31(24)30-25)17-7-9-19(27)10-8-17/h5-11,23H,12-14H2,1-4H3,(H,28,29,30). The van der Waals surface area contributed by atoms with Crippen molar-refractivity contribution in [3.63, 3.8) is 0 Å². The summed E-state index contributed by atoms with van der Waals surface area (Å²) in [6, 6.07) is 12.4. The minimum Gasteiger partial charge on any atom is -0.328 e. The number of carbonyl (C=O) groups is 1. The number of carbonyl (C=O) groups excluding carboxylic acids is 1. The van der Waals surface area contributed by atoms with Crippen LogP contribution in [0.15, 0.2) is 58.9 Å². The van der Waals surface area contributed by atoms with Crippen molar-refractivity contribution in [2.75, 3.05) is 5.32 Å². The van der Waals surface area contributed by atoms with Gasteiger partial charge in [-0.05, 0) is 54.5 Å². The van der Waals surface area contributed by atoms with Crippen LogP contribution < -0.4 is 5.32 Å². The normalized spacial score (nSPS) is 19.2. The van der Waals surface area contributed by atoms with E-state index >= 15 is 0 Å². The van der Waals surface area contributed by atoms with Crippen LogP contribution in [0.5, 0.6) is 0 Å². The Morgan fingerprint density at radius 2 is 1.91 bits per heavy atom. The van der Waals surface area contributed by atoms with E-state index < -0.39 is 6.04 Å². The number of ketones is 1. The Hall–Kier alpha value is -2.93. The van der Waals surface area contributed by atoms with Crippen molar-refractivity contribution in [3.8, 4) is 0 Å². The third-order valence-electron chi connectivity index (χ3n) is 6.35. The summed E-state index contributed by atoms with van der Waals surface area (Å²) in [5, 5.41) is 8.82. The molecule has 2 aliphatic rings. The topological polar surface area (TPSA) is 59.8 Å². The summed E-state index contributed by atoms with van der Waals surface area (Å²) < 4.78 is 15.4. The van der Waals surface area contributed by atoms with Gasteiger partial charge in [-0.15, -0.1) is 5.10 Å². The van der Waals surface area contributed by atoms with E-state index in [9.17, 15) is 9.18 Å². The molecule has 1 aliphatic heterocycles. The number of aromatic nitrogens is 3. The number of benzene rings is 2. The van der Waals surface area contributed by atoms with Gasteiger partial charge in [0, 0.05) is 23.4 Å². The number of anilines is 1. The summed E-state index contributed by atoms with van der Waals surface area (Å²) >= 11 is 1.57. The number of thioether (sulfide) groups is 1. The second kappa shape index (κ2) is 8.13. The van der Waals surface area contributed by atoms with Crippen molar-refractivity contribution in [1.29, 1.82) is 0 Å². The summed E-state index contributed by atoms with van der Waals surface area (Å²) in [6.07, 6.45) is 1.23. The van der Waals surface area contributed by atoms with Crippen molar-refractivity contribution in [2.45, 2.75) is 57.5 Å². The summed E-state index contributed by atoms with van der Waals surface area (Å²) in [4.78, 5) is 18.0. The molecule has 1 aliphatic carbocycles. The molecule has 5 rings (SSSR count). The minimum absolute atomic E-state index is 0.105. The number of Topliss-reactive ketones (excluding diaryl/α,β-unsaturated/α-hetero) is 1. The zero-order valence-electron chi connectivity index (χ0n) is 19.3. The van der Waals surface area contributed by atoms with Gasteiger partial charge in [-0.3, -0.25) is 4.79 Å². The molecule has 5 nitrogen and oxygen atoms in total. The minimum atomic E-state index is -0.414. The van der Waals surface area contributed by atoms with Crippen LogP contribution in [0.25, 0.3) is 0 Å². The van der Waals surface area contributed by atoms with E-state index in [4.69, 9.17) is 10.1 Å². The first-order chi connectivity index (χ1) is 15.7. The number of fused-ring (bicyclic) bond motifs is 1. The Balaban J connectivity index is 1.51. The van der Waals surface area contributed by atoms with Gasteiger partial charge in [-0.25, -0.2) is 9.07 Å². The molecule has 1 atom stereocenters. The fraction of sp³-hybridized carbons (Fsp3) is 0.346. The predicted octanol–water partition coefficient (Wildman–Crippen LogP) is 5.98. The highest BCUT2D eigenvalue weighted by Gasteiger charge is 2.41. The number of aryl methyl sites for hydroxylation is 2. The predicted molar refractivity (Wildman–Crippen MR) is 129 cm³/mol. The SMILES string of the molecule is Cc1ccc(CSc2nc3n(n2)C(c2ccc(F)cc2)C2=C(CC(C)(C)CC2=O)N3)c(C)c1. The van der Waals surface area contributed by atoms with Crippen LogP contribution >= 0.6 is 11.8 Å². The van der Waals surface area contributed by atoms with E-state index in [1.807, 2.05) is 0 Å². The van der Waals surface area contributed by atoms with Crippen LogP contribution in [0.3, 0.4) is 0 Å². The molecular formula is C26H27FN4OS. The lowest BCUT2D eigenvalue weighted by Crippen LogP contribution is -2.36. The number of hydrogen-bond acceptors (Lipinski definition) is 5. The average Bonchev–Trinajstić information content (AvgIpc) is 3.14. The monoisotopic (exact) mass is 462 g/mol. The van der Waals surface area contributed by atoms with Gasteiger partial charge in [-0.1, -0.05) is 61.5 Å². The molecule has 1 N–H and O–H groups in total. The third kappa shape index (κ3) is 4.22. The molecule has 0 bridgehead atoms. The van der Waals surface area contributed by atoms with Crippen LogP contribution in [-0.4, -0.2) is 20.5 Å². The van der Waals surface area contributed by atoms with Crippen molar-refractivity contribution >= 4 is 23.5 Å². The second-order valence-corrected chi connectivity index (χ2v) is 10.7. The second-order valence-electron chi connectivity index (χ2n) is 9.79. The largest absolute Gasteiger partial charge is 0.328 e. The molecular weight excluding hydrogens is 435 g/mol. The van der Waals surface area contributed by atoms with E-state index in [0.29, 0.717) is 23.1 Å². The van der Waals surface area contributed by atoms with Crippen LogP contribution in [0.1, 0.15) is 55.0 Å². The Labute approximate surface area is 197 Å². The number of nitrogens with one attached hydrogen (secondary N) is 1. The molecule has 0 fully saturated rings. The lowest BCUT2D eigenvalue weighted by molar-refractivity contribution is -0.118. The van der Waals surface area contributed by atoms with Gasteiger partial charge >= 0.3 is 0 Å². The highest BCUT2D eigenvalue weighted by Crippen LogP contribution is 2.45. The van der Waals surface area contributed by atoms with E-state index in [1.54, 1.807) is 28.6 Å². The van der Waals surface area contributed by atoms with Gasteiger partial charge < -0.3 is 5.32 Å². The van der Waals surface area contributed by atoms with Crippen LogP contribution in [0.2, 0.25) is 0 Å². The fourth-order valence-corrected chi connectivity index (χ4v) is 5.66. The summed E-state index contributed by atoms with van der Waals surface area (Å²) in [6.45, 7) is 8.42. The molecule has 2 aromatic carbocycles. The number of hydrogen-bond donors (Lipinski definition) is 1. The van der Waals surface area contributed by atoms with Crippen LogP contribution in [0.4, 0.5) is 10.3 Å². The number of rotatable bonds is 4. The van der Waals surface area contributed by atoms with Crippen molar-refractivity contribution in [1.82, 2.24) is 14.8 Å². The Morgan fingerprint density at radius 3 is 2.64 bits per heavy atom. The van der Waals surface area contributed by atoms with Gasteiger partial charge in [0.15, 0.2) is 5.78 Å². The molecule has 0 radical (unpaired) electrons. The number of halogens is 1. The van der Waals surface area contributed by atoms with Gasteiger partial charge in [0.1, 0.15) is 11.9 Å². The molecule has 170 valence electrons. The molecule has 0 saturated carbocycles. The molecule has 3 aromatic rings. The molecule has 7 heteroatoms. The van der Waals surface area contributed by atoms with Crippen LogP contribution in [-0.2, 0) is 10.5 Å². The maximum absolute atomic E-state index is 13.7. The van der Waals surface area contributed by atoms with Crippen LogP contribution in [0, 0.1) is 25.1 Å². The highest BCUT2D eigenvalue weighted by atomic mass is 32.2. The molecule has 0 amide bonds. The van der Waals surface area contributed by atoms with Gasteiger partial charge in [-0.2, -0.15) is 4.98 Å². The van der Waals surface area contributed by atoms with E-state index in [0.717, 1.165) is 23.4 Å². The molecule has 0 spiro atoms. The third-order valence-corrected chi connectivity index (χ3v) is 7.24. The molecule has 0 saturated heterocycles. The summed E-state index contributed by atoms with van der Waals surface area (Å²) in [7, 11) is 0. The fourth-order valence-electron chi connectivity index (χ4n) is 4.75. The summed E-state index contributed by atoms with van der Waals surface area (Å²) in [5.74, 6) is 1.18. The van der Waals surface area contributed by atoms with Crippen molar-refractivity contribution < 1.29 is 9.18 Å². The number of nitrogens with zero attached hydrogens (tertiary/aromatic N) is 3. The Kier molecular flexibility index (Phi) is 5.40. The zero-order chi connectivity index (χ0) is 23.3. The molecule has 33 heavy (non-hydrogen) atoms. The maximum atomic E-state index is 13.7. The maximum Gasteiger partial charge on any atom is 0.227 e. The van der Waals surface area contributed by atoms with Gasteiger partial charge in [0.2, 0.25) is 11.1 Å². The van der Waals surface area contributed by atoms with E-state index in [2.05, 4.69) is 51.2 Å². The summed E-state index contributed by atoms with van der Waals surface area (Å²) in [5.41, 5.74) is 6.05. The van der Waals surface area contributed by atoms with E-state index in [1.165, 1.54) is 28.8 Å². The van der Waals surface area contributed by atoms with Crippen molar-refractivity contribution in [2.24, 2.45) is 5.41 Å². The first kappa shape index (κ1) is 21.9. The van der Waals surface area contributed by atoms with Gasteiger partial charge in [0.05, 0.1) is 0 Å². The Bertz CT molecular complexity index is 1280. The lowest BCUT2D eigenvalue weighted by atomic mass is 9.73. The average molecular weight is 463 g/mol. The molecule has 1 aromatic heterocycles. The molecule has 2 heterocycles. The smallest absolute Gasteiger partial charge is 0.227 e. The first-order valence-electron chi connectivity index (χ1n) is 11.1. The quantitative estimate of drug-likeness (QED) is 0.483. The van der Waals surface area contributed by atoms with Gasteiger partial charge in [0.25, 0.3) is 0 Å². The van der Waals surface area contributed by atoms with Crippen molar-refractivity contribution in [3.05, 3.63) is 81.8 Å². The zero-order valence-corrected chi connectivity index (χ0v) is 20.1. The highest BCUT2D eigenvalue weighted by molar-refractivity contribution is 7.98. The Morgan fingerprint density at radius 1 is 1.15 bits per heavy atom. The first-order valence-corrected chi connectivity index (χ1v) is 12.1. The lowest BCUT2D eigenvalue weighted by Gasteiger charge is -2.38.